The Kier molecular flexibility index (Phi) is 5.46. The first-order chi connectivity index (χ1) is 8.49. The molecule has 0 radical (unpaired) electrons. The zero-order valence-electron chi connectivity index (χ0n) is 9.47. The topological polar surface area (TPSA) is 94.8 Å². The van der Waals surface area contributed by atoms with Gasteiger partial charge in [0.25, 0.3) is 0 Å². The second-order valence-electron chi connectivity index (χ2n) is 3.78. The molecule has 0 aliphatic carbocycles. The highest BCUT2D eigenvalue weighted by Gasteiger charge is 2.20. The molecular weight excluding hydrogens is 304 g/mol. The molecule has 3 N–H and O–H groups in total. The van der Waals surface area contributed by atoms with E-state index in [2.05, 4.69) is 15.9 Å². The van der Waals surface area contributed by atoms with Crippen molar-refractivity contribution in [3.05, 3.63) is 34.9 Å². The maximum Gasteiger partial charge on any atom is 0.337 e. The van der Waals surface area contributed by atoms with Gasteiger partial charge in [0.15, 0.2) is 6.10 Å². The van der Waals surface area contributed by atoms with Crippen LogP contribution in [0.2, 0.25) is 0 Å². The summed E-state index contributed by atoms with van der Waals surface area (Å²) in [5.74, 6) is -1.51. The number of hydrogen-bond acceptors (Lipinski definition) is 4. The Morgan fingerprint density at radius 1 is 1.33 bits per heavy atom. The third kappa shape index (κ3) is 3.63. The van der Waals surface area contributed by atoms with Crippen molar-refractivity contribution < 1.29 is 24.9 Å². The second-order valence-corrected chi connectivity index (χ2v) is 4.34. The first-order valence-corrected chi connectivity index (χ1v) is 6.32. The maximum absolute atomic E-state index is 11.4. The Labute approximate surface area is 112 Å². The van der Waals surface area contributed by atoms with Crippen LogP contribution in [-0.2, 0) is 22.6 Å². The highest BCUT2D eigenvalue weighted by molar-refractivity contribution is 9.09. The van der Waals surface area contributed by atoms with E-state index in [1.165, 1.54) is 6.07 Å². The lowest BCUT2D eigenvalue weighted by Gasteiger charge is -2.13. The number of aliphatic carboxylic acids is 1. The summed E-state index contributed by atoms with van der Waals surface area (Å²) in [5.41, 5.74) is 1.08. The molecule has 0 aliphatic heterocycles. The molecule has 0 saturated heterocycles. The molecule has 1 unspecified atom stereocenters. The van der Waals surface area contributed by atoms with E-state index in [9.17, 15) is 14.7 Å². The standard InChI is InChI=1S/C12H13BrO5/c13-5-9(15)4-8-2-1-7(6-14)3-10(8)11(16)12(17)18/h1-3,11,14,16H,4-6H2,(H,17,18). The fourth-order valence-corrected chi connectivity index (χ4v) is 1.75. The Balaban J connectivity index is 3.15. The van der Waals surface area contributed by atoms with Gasteiger partial charge in [-0.2, -0.15) is 0 Å². The number of carbonyl (C=O) groups is 2. The lowest BCUT2D eigenvalue weighted by molar-refractivity contribution is -0.147. The lowest BCUT2D eigenvalue weighted by atomic mass is 9.96. The molecule has 5 nitrogen and oxygen atoms in total. The molecule has 0 heterocycles. The quantitative estimate of drug-likeness (QED) is 0.675. The number of carbonyl (C=O) groups excluding carboxylic acids is 1. The van der Waals surface area contributed by atoms with Gasteiger partial charge >= 0.3 is 5.97 Å². The van der Waals surface area contributed by atoms with Gasteiger partial charge in [0, 0.05) is 6.42 Å². The predicted octanol–water partition coefficient (Wildman–Crippen LogP) is 0.803. The molecule has 1 aromatic rings. The summed E-state index contributed by atoms with van der Waals surface area (Å²) in [6.07, 6.45) is -1.66. The van der Waals surface area contributed by atoms with Crippen LogP contribution in [0, 0.1) is 0 Å². The summed E-state index contributed by atoms with van der Waals surface area (Å²) in [7, 11) is 0. The van der Waals surface area contributed by atoms with Crippen LogP contribution < -0.4 is 0 Å². The molecule has 0 aromatic heterocycles. The third-order valence-corrected chi connectivity index (χ3v) is 3.08. The molecule has 0 bridgehead atoms. The number of halogens is 1. The summed E-state index contributed by atoms with van der Waals surface area (Å²) in [6, 6.07) is 4.54. The number of carboxylic acid groups (broad SMARTS) is 1. The van der Waals surface area contributed by atoms with Crippen molar-refractivity contribution in [2.75, 3.05) is 5.33 Å². The summed E-state index contributed by atoms with van der Waals surface area (Å²) in [6.45, 7) is -0.258. The SMILES string of the molecule is O=C(CBr)Cc1ccc(CO)cc1C(O)C(=O)O. The van der Waals surface area contributed by atoms with Gasteiger partial charge < -0.3 is 15.3 Å². The van der Waals surface area contributed by atoms with Crippen molar-refractivity contribution in [2.45, 2.75) is 19.1 Å². The number of aliphatic hydroxyl groups is 2. The number of Topliss-reactive ketones (excluding diaryl/α,β-unsaturated/α-hetero) is 1. The van der Waals surface area contributed by atoms with Crippen molar-refractivity contribution in [2.24, 2.45) is 0 Å². The summed E-state index contributed by atoms with van der Waals surface area (Å²) in [5, 5.41) is 27.6. The molecule has 0 spiro atoms. The molecular formula is C12H13BrO5. The average Bonchev–Trinajstić information content (AvgIpc) is 2.38. The molecule has 0 amide bonds. The normalized spacial score (nSPS) is 12.2. The monoisotopic (exact) mass is 316 g/mol. The minimum absolute atomic E-state index is 0.0383. The average molecular weight is 317 g/mol. The molecule has 0 aliphatic rings. The van der Waals surface area contributed by atoms with Crippen LogP contribution in [0.15, 0.2) is 18.2 Å². The van der Waals surface area contributed by atoms with E-state index in [1.54, 1.807) is 12.1 Å². The van der Waals surface area contributed by atoms with Crippen molar-refractivity contribution in [3.8, 4) is 0 Å². The number of rotatable bonds is 6. The fourth-order valence-electron chi connectivity index (χ4n) is 1.55. The zero-order valence-corrected chi connectivity index (χ0v) is 11.1. The minimum Gasteiger partial charge on any atom is -0.479 e. The lowest BCUT2D eigenvalue weighted by Crippen LogP contribution is -2.15. The second kappa shape index (κ2) is 6.63. The molecule has 1 rings (SSSR count). The summed E-state index contributed by atoms with van der Waals surface area (Å²) < 4.78 is 0. The van der Waals surface area contributed by atoms with E-state index in [0.29, 0.717) is 11.1 Å². The molecule has 6 heteroatoms. The van der Waals surface area contributed by atoms with Gasteiger partial charge in [0.05, 0.1) is 11.9 Å². The molecule has 18 heavy (non-hydrogen) atoms. The highest BCUT2D eigenvalue weighted by Crippen LogP contribution is 2.21. The Morgan fingerprint density at radius 3 is 2.50 bits per heavy atom. The molecule has 0 saturated carbocycles. The molecule has 98 valence electrons. The van der Waals surface area contributed by atoms with Crippen molar-refractivity contribution in [1.82, 2.24) is 0 Å². The Morgan fingerprint density at radius 2 is 2.00 bits per heavy atom. The van der Waals surface area contributed by atoms with Crippen molar-refractivity contribution in [3.63, 3.8) is 0 Å². The summed E-state index contributed by atoms with van der Waals surface area (Å²) in [4.78, 5) is 22.2. The van der Waals surface area contributed by atoms with Gasteiger partial charge in [-0.1, -0.05) is 34.1 Å². The Hall–Kier alpha value is -1.24. The third-order valence-electron chi connectivity index (χ3n) is 2.46. The van der Waals surface area contributed by atoms with Crippen LogP contribution in [0.3, 0.4) is 0 Å². The van der Waals surface area contributed by atoms with Crippen LogP contribution in [0.4, 0.5) is 0 Å². The minimum atomic E-state index is -1.70. The van der Waals surface area contributed by atoms with Gasteiger partial charge in [0.1, 0.15) is 5.78 Å². The number of hydrogen-bond donors (Lipinski definition) is 3. The van der Waals surface area contributed by atoms with E-state index in [-0.39, 0.29) is 29.7 Å². The zero-order chi connectivity index (χ0) is 13.7. The van der Waals surface area contributed by atoms with E-state index >= 15 is 0 Å². The molecule has 1 atom stereocenters. The highest BCUT2D eigenvalue weighted by atomic mass is 79.9. The van der Waals surface area contributed by atoms with Crippen LogP contribution in [0.25, 0.3) is 0 Å². The van der Waals surface area contributed by atoms with Gasteiger partial charge in [0.2, 0.25) is 0 Å². The van der Waals surface area contributed by atoms with Gasteiger partial charge in [-0.05, 0) is 16.7 Å². The number of carboxylic acids is 1. The summed E-state index contributed by atoms with van der Waals surface area (Å²) >= 11 is 3.02. The smallest absolute Gasteiger partial charge is 0.337 e. The van der Waals surface area contributed by atoms with Gasteiger partial charge in [-0.3, -0.25) is 4.79 Å². The number of alkyl halides is 1. The van der Waals surface area contributed by atoms with Crippen molar-refractivity contribution in [1.29, 1.82) is 0 Å². The first kappa shape index (κ1) is 14.8. The van der Waals surface area contributed by atoms with Crippen LogP contribution in [-0.4, -0.2) is 32.4 Å². The van der Waals surface area contributed by atoms with E-state index < -0.39 is 12.1 Å². The van der Waals surface area contributed by atoms with Crippen LogP contribution in [0.1, 0.15) is 22.8 Å². The first-order valence-electron chi connectivity index (χ1n) is 5.20. The van der Waals surface area contributed by atoms with Crippen molar-refractivity contribution >= 4 is 27.7 Å². The van der Waals surface area contributed by atoms with E-state index in [4.69, 9.17) is 10.2 Å². The van der Waals surface area contributed by atoms with E-state index in [0.717, 1.165) is 0 Å². The maximum atomic E-state index is 11.4. The number of benzene rings is 1. The fraction of sp³-hybridized carbons (Fsp3) is 0.333. The molecule has 1 aromatic carbocycles. The predicted molar refractivity (Wildman–Crippen MR) is 67.5 cm³/mol. The number of ketones is 1. The van der Waals surface area contributed by atoms with Crippen LogP contribution in [0.5, 0.6) is 0 Å². The molecule has 0 fully saturated rings. The van der Waals surface area contributed by atoms with Crippen LogP contribution >= 0.6 is 15.9 Å². The van der Waals surface area contributed by atoms with E-state index in [1.807, 2.05) is 0 Å². The Bertz CT molecular complexity index is 458. The number of aliphatic hydroxyl groups excluding tert-OH is 2. The van der Waals surface area contributed by atoms with Gasteiger partial charge in [-0.15, -0.1) is 0 Å². The largest absolute Gasteiger partial charge is 0.479 e. The van der Waals surface area contributed by atoms with Gasteiger partial charge in [-0.25, -0.2) is 4.79 Å².